The van der Waals surface area contributed by atoms with E-state index in [4.69, 9.17) is 5.11 Å². The molecule has 1 rings (SSSR count). The van der Waals surface area contributed by atoms with Crippen LogP contribution in [0.2, 0.25) is 0 Å². The third-order valence-corrected chi connectivity index (χ3v) is 1.24. The van der Waals surface area contributed by atoms with Gasteiger partial charge in [0.15, 0.2) is 0 Å². The fourth-order valence-corrected chi connectivity index (χ4v) is 0.779. The molecule has 1 N–H and O–H groups in total. The second-order valence-electron chi connectivity index (χ2n) is 2.50. The third kappa shape index (κ3) is 10.5. The minimum absolute atomic E-state index is 0.207. The number of phenolic OH excluding ortho intramolecular Hbond substituents is 1. The smallest absolute Gasteiger partial charge is 0.142 e. The Morgan fingerprint density at radius 1 is 1.25 bits per heavy atom. The summed E-state index contributed by atoms with van der Waals surface area (Å²) in [6.45, 7) is 4.00. The molecule has 0 amide bonds. The minimum Gasteiger partial charge on any atom is -0.508 e. The molecule has 3 heteroatoms. The summed E-state index contributed by atoms with van der Waals surface area (Å²) in [6, 6.07) is 6.69. The lowest BCUT2D eigenvalue weighted by atomic mass is 10.2. The van der Waals surface area contributed by atoms with Crippen molar-refractivity contribution in [2.24, 2.45) is 0 Å². The van der Waals surface area contributed by atoms with Crippen molar-refractivity contribution in [3.8, 4) is 5.75 Å². The molecular formula is C13H20O3. The fraction of sp³-hybridized carbons (Fsp3) is 0.308. The van der Waals surface area contributed by atoms with Crippen LogP contribution in [0.1, 0.15) is 19.4 Å². The first-order valence-electron chi connectivity index (χ1n) is 5.05. The summed E-state index contributed by atoms with van der Waals surface area (Å²) in [6.07, 6.45) is 3.71. The Bertz CT molecular complexity index is 293. The van der Waals surface area contributed by atoms with E-state index in [9.17, 15) is 4.79 Å². The van der Waals surface area contributed by atoms with Crippen molar-refractivity contribution in [1.82, 2.24) is 0 Å². The average Bonchev–Trinajstić information content (AvgIpc) is 2.30. The molecule has 0 fully saturated rings. The molecule has 0 aliphatic rings. The number of hydrogen-bond donors (Lipinski definition) is 1. The molecule has 0 aliphatic heterocycles. The zero-order chi connectivity index (χ0) is 12.8. The van der Waals surface area contributed by atoms with Crippen LogP contribution in [0, 0.1) is 0 Å². The molecule has 0 aromatic heterocycles. The number of benzene rings is 1. The zero-order valence-electron chi connectivity index (χ0n) is 10.3. The summed E-state index contributed by atoms with van der Waals surface area (Å²) in [7, 11) is 3.25. The summed E-state index contributed by atoms with van der Waals surface area (Å²) in [5.41, 5.74) is 0.817. The number of aldehydes is 1. The van der Waals surface area contributed by atoms with Crippen molar-refractivity contribution >= 4 is 12.4 Å². The Kier molecular flexibility index (Phi) is 14.1. The molecule has 3 nitrogen and oxygen atoms in total. The Morgan fingerprint density at radius 3 is 2.25 bits per heavy atom. The molecule has 90 valence electrons. The maximum absolute atomic E-state index is 9.91. The topological polar surface area (TPSA) is 46.5 Å². The first-order chi connectivity index (χ1) is 7.74. The van der Waals surface area contributed by atoms with Crippen LogP contribution >= 0.6 is 0 Å². The van der Waals surface area contributed by atoms with E-state index in [2.05, 4.69) is 4.74 Å². The number of ether oxygens (including phenoxy) is 1. The lowest BCUT2D eigenvalue weighted by Crippen LogP contribution is -1.70. The number of aromatic hydroxyl groups is 1. The average molecular weight is 224 g/mol. The van der Waals surface area contributed by atoms with Crippen molar-refractivity contribution in [3.05, 3.63) is 35.9 Å². The monoisotopic (exact) mass is 224 g/mol. The molecule has 16 heavy (non-hydrogen) atoms. The summed E-state index contributed by atoms with van der Waals surface area (Å²) < 4.78 is 4.25. The standard InChI is InChI=1S/C9H8O2.C2H6O.C2H6/c10-6-2-4-8-3-1-5-9(11)7-8;1-3-2;1-2/h1-7,11H;1-2H3;1-2H3/b4-2+;;. The van der Waals surface area contributed by atoms with Gasteiger partial charge in [-0.25, -0.2) is 0 Å². The molecule has 0 aliphatic carbocycles. The second kappa shape index (κ2) is 13.4. The highest BCUT2D eigenvalue weighted by Gasteiger charge is 1.87. The molecule has 0 unspecified atom stereocenters. The van der Waals surface area contributed by atoms with E-state index in [-0.39, 0.29) is 5.75 Å². The number of hydrogen-bond acceptors (Lipinski definition) is 3. The van der Waals surface area contributed by atoms with E-state index in [1.54, 1.807) is 44.6 Å². The van der Waals surface area contributed by atoms with E-state index in [0.29, 0.717) is 6.29 Å². The van der Waals surface area contributed by atoms with Gasteiger partial charge in [0.2, 0.25) is 0 Å². The van der Waals surface area contributed by atoms with Crippen molar-refractivity contribution in [3.63, 3.8) is 0 Å². The summed E-state index contributed by atoms with van der Waals surface area (Å²) >= 11 is 0. The molecule has 0 spiro atoms. The molecule has 0 heterocycles. The lowest BCUT2D eigenvalue weighted by Gasteiger charge is -1.92. The molecular weight excluding hydrogens is 204 g/mol. The Hall–Kier alpha value is -1.61. The number of rotatable bonds is 2. The van der Waals surface area contributed by atoms with Gasteiger partial charge in [-0.05, 0) is 23.8 Å². The van der Waals surface area contributed by atoms with Gasteiger partial charge >= 0.3 is 0 Å². The molecule has 0 saturated carbocycles. The summed E-state index contributed by atoms with van der Waals surface area (Å²) in [5, 5.41) is 8.99. The van der Waals surface area contributed by atoms with Gasteiger partial charge in [-0.15, -0.1) is 0 Å². The zero-order valence-corrected chi connectivity index (χ0v) is 10.3. The van der Waals surface area contributed by atoms with Crippen molar-refractivity contribution in [1.29, 1.82) is 0 Å². The van der Waals surface area contributed by atoms with Gasteiger partial charge in [0, 0.05) is 14.2 Å². The van der Waals surface area contributed by atoms with Crippen LogP contribution in [-0.2, 0) is 9.53 Å². The van der Waals surface area contributed by atoms with Crippen molar-refractivity contribution in [2.45, 2.75) is 13.8 Å². The first-order valence-corrected chi connectivity index (χ1v) is 5.05. The van der Waals surface area contributed by atoms with Gasteiger partial charge in [0.25, 0.3) is 0 Å². The van der Waals surface area contributed by atoms with Gasteiger partial charge in [-0.3, -0.25) is 4.79 Å². The van der Waals surface area contributed by atoms with Gasteiger partial charge in [0.05, 0.1) is 0 Å². The van der Waals surface area contributed by atoms with E-state index < -0.39 is 0 Å². The largest absolute Gasteiger partial charge is 0.508 e. The lowest BCUT2D eigenvalue weighted by molar-refractivity contribution is -0.104. The maximum Gasteiger partial charge on any atom is 0.142 e. The molecule has 0 saturated heterocycles. The number of phenols is 1. The molecule has 0 radical (unpaired) electrons. The summed E-state index contributed by atoms with van der Waals surface area (Å²) in [4.78, 5) is 9.91. The predicted molar refractivity (Wildman–Crippen MR) is 67.5 cm³/mol. The van der Waals surface area contributed by atoms with Crippen LogP contribution in [0.3, 0.4) is 0 Å². The van der Waals surface area contributed by atoms with Crippen LogP contribution in [0.4, 0.5) is 0 Å². The van der Waals surface area contributed by atoms with Crippen molar-refractivity contribution < 1.29 is 14.6 Å². The normalized spacial score (nSPS) is 8.50. The molecule has 0 atom stereocenters. The highest BCUT2D eigenvalue weighted by atomic mass is 16.4. The van der Waals surface area contributed by atoms with Gasteiger partial charge in [-0.1, -0.05) is 32.1 Å². The first kappa shape index (κ1) is 16.8. The highest BCUT2D eigenvalue weighted by Crippen LogP contribution is 2.11. The summed E-state index contributed by atoms with van der Waals surface area (Å²) in [5.74, 6) is 0.207. The predicted octanol–water partition coefficient (Wildman–Crippen LogP) is 2.89. The van der Waals surface area contributed by atoms with Gasteiger partial charge in [-0.2, -0.15) is 0 Å². The highest BCUT2D eigenvalue weighted by molar-refractivity contribution is 5.73. The third-order valence-electron chi connectivity index (χ3n) is 1.24. The maximum atomic E-state index is 9.91. The van der Waals surface area contributed by atoms with Crippen LogP contribution < -0.4 is 0 Å². The van der Waals surface area contributed by atoms with Crippen LogP contribution in [-0.4, -0.2) is 25.6 Å². The van der Waals surface area contributed by atoms with Gasteiger partial charge in [0.1, 0.15) is 12.0 Å². The van der Waals surface area contributed by atoms with Gasteiger partial charge < -0.3 is 9.84 Å². The Balaban J connectivity index is 0. The van der Waals surface area contributed by atoms with Crippen molar-refractivity contribution in [2.75, 3.05) is 14.2 Å². The number of methoxy groups -OCH3 is 1. The minimum atomic E-state index is 0.207. The fourth-order valence-electron chi connectivity index (χ4n) is 0.779. The molecule has 0 bridgehead atoms. The van der Waals surface area contributed by atoms with Crippen LogP contribution in [0.15, 0.2) is 30.3 Å². The Morgan fingerprint density at radius 2 is 1.81 bits per heavy atom. The quantitative estimate of drug-likeness (QED) is 0.620. The van der Waals surface area contributed by atoms with E-state index in [0.717, 1.165) is 5.56 Å². The van der Waals surface area contributed by atoms with E-state index in [1.165, 1.54) is 6.08 Å². The van der Waals surface area contributed by atoms with Crippen LogP contribution in [0.25, 0.3) is 6.08 Å². The van der Waals surface area contributed by atoms with E-state index in [1.807, 2.05) is 13.8 Å². The number of allylic oxidation sites excluding steroid dienone is 1. The Labute approximate surface area is 97.4 Å². The molecule has 1 aromatic carbocycles. The molecule has 1 aromatic rings. The van der Waals surface area contributed by atoms with Crippen LogP contribution in [0.5, 0.6) is 5.75 Å². The van der Waals surface area contributed by atoms with E-state index >= 15 is 0 Å². The SMILES string of the molecule is CC.COC.O=C/C=C/c1cccc(O)c1. The second-order valence-corrected chi connectivity index (χ2v) is 2.50. The number of carbonyl (C=O) groups is 1. The number of carbonyl (C=O) groups excluding carboxylic acids is 1.